The highest BCUT2D eigenvalue weighted by molar-refractivity contribution is 5.47. The zero-order valence-electron chi connectivity index (χ0n) is 17.8. The van der Waals surface area contributed by atoms with Crippen molar-refractivity contribution in [2.45, 2.75) is 32.8 Å². The smallest absolute Gasteiger partial charge is 0.226 e. The quantitative estimate of drug-likeness (QED) is 0.775. The molecule has 0 bridgehead atoms. The van der Waals surface area contributed by atoms with Crippen LogP contribution in [0, 0.1) is 0 Å². The van der Waals surface area contributed by atoms with Crippen LogP contribution in [0.1, 0.15) is 32.3 Å². The van der Waals surface area contributed by atoms with E-state index in [2.05, 4.69) is 45.5 Å². The molecule has 152 valence electrons. The number of piperazine rings is 1. The molecule has 0 amide bonds. The second-order valence-corrected chi connectivity index (χ2v) is 8.31. The van der Waals surface area contributed by atoms with Crippen molar-refractivity contribution >= 4 is 17.6 Å². The van der Waals surface area contributed by atoms with E-state index >= 15 is 0 Å². The maximum atomic E-state index is 5.31. The fourth-order valence-corrected chi connectivity index (χ4v) is 3.10. The first-order valence-electron chi connectivity index (χ1n) is 9.65. The zero-order valence-corrected chi connectivity index (χ0v) is 17.8. The summed E-state index contributed by atoms with van der Waals surface area (Å²) < 4.78 is 5.31. The van der Waals surface area contributed by atoms with Gasteiger partial charge in [0.2, 0.25) is 5.95 Å². The maximum Gasteiger partial charge on any atom is 0.226 e. The summed E-state index contributed by atoms with van der Waals surface area (Å²) in [6.07, 6.45) is 1.82. The van der Waals surface area contributed by atoms with Gasteiger partial charge in [-0.15, -0.1) is 0 Å². The Kier molecular flexibility index (Phi) is 5.98. The van der Waals surface area contributed by atoms with Crippen molar-refractivity contribution in [2.75, 3.05) is 62.1 Å². The molecule has 0 radical (unpaired) electrons. The van der Waals surface area contributed by atoms with Gasteiger partial charge in [0.05, 0.1) is 12.3 Å². The lowest BCUT2D eigenvalue weighted by Crippen LogP contribution is -2.47. The Bertz CT molecular complexity index is 795. The summed E-state index contributed by atoms with van der Waals surface area (Å²) in [5.74, 6) is 3.53. The van der Waals surface area contributed by atoms with Crippen molar-refractivity contribution in [3.63, 3.8) is 0 Å². The van der Waals surface area contributed by atoms with Gasteiger partial charge in [0.25, 0.3) is 0 Å². The molecule has 1 aliphatic heterocycles. The lowest BCUT2D eigenvalue weighted by Gasteiger charge is -2.36. The summed E-state index contributed by atoms with van der Waals surface area (Å²) in [7, 11) is 5.61. The van der Waals surface area contributed by atoms with Crippen LogP contribution in [0.15, 0.2) is 18.3 Å². The molecular formula is C20H31N7O. The van der Waals surface area contributed by atoms with E-state index in [9.17, 15) is 0 Å². The average molecular weight is 386 g/mol. The lowest BCUT2D eigenvalue weighted by molar-refractivity contribution is 0.181. The molecule has 0 spiro atoms. The van der Waals surface area contributed by atoms with Crippen LogP contribution in [0.25, 0.3) is 0 Å². The molecule has 1 saturated heterocycles. The summed E-state index contributed by atoms with van der Waals surface area (Å²) in [5, 5.41) is 0. The van der Waals surface area contributed by atoms with E-state index in [-0.39, 0.29) is 5.41 Å². The van der Waals surface area contributed by atoms with Crippen molar-refractivity contribution in [1.29, 1.82) is 0 Å². The highest BCUT2D eigenvalue weighted by atomic mass is 16.5. The molecule has 0 aliphatic carbocycles. The molecular weight excluding hydrogens is 354 g/mol. The van der Waals surface area contributed by atoms with Crippen molar-refractivity contribution in [3.8, 4) is 0 Å². The van der Waals surface area contributed by atoms with Crippen LogP contribution in [0.2, 0.25) is 0 Å². The summed E-state index contributed by atoms with van der Waals surface area (Å²) in [4.78, 5) is 25.0. The molecule has 0 N–H and O–H groups in total. The van der Waals surface area contributed by atoms with Crippen LogP contribution >= 0.6 is 0 Å². The van der Waals surface area contributed by atoms with Crippen molar-refractivity contribution in [1.82, 2.24) is 19.9 Å². The predicted molar refractivity (Wildman–Crippen MR) is 112 cm³/mol. The van der Waals surface area contributed by atoms with Gasteiger partial charge in [-0.2, -0.15) is 4.98 Å². The first-order valence-corrected chi connectivity index (χ1v) is 9.65. The molecule has 2 aromatic heterocycles. The minimum absolute atomic E-state index is 0.107. The normalized spacial score (nSPS) is 15.1. The predicted octanol–water partition coefficient (Wildman–Crippen LogP) is 2.10. The van der Waals surface area contributed by atoms with Crippen molar-refractivity contribution in [3.05, 3.63) is 29.8 Å². The molecule has 0 aromatic carbocycles. The number of aromatic nitrogens is 4. The van der Waals surface area contributed by atoms with E-state index in [1.54, 1.807) is 7.11 Å². The Morgan fingerprint density at radius 3 is 2.21 bits per heavy atom. The number of hydrogen-bond donors (Lipinski definition) is 0. The lowest BCUT2D eigenvalue weighted by atomic mass is 9.95. The van der Waals surface area contributed by atoms with Crippen LogP contribution in [0.5, 0.6) is 0 Å². The molecule has 1 aliphatic rings. The maximum absolute atomic E-state index is 5.31. The monoisotopic (exact) mass is 385 g/mol. The van der Waals surface area contributed by atoms with Crippen LogP contribution in [-0.2, 0) is 16.8 Å². The molecule has 2 aromatic rings. The van der Waals surface area contributed by atoms with Crippen LogP contribution in [-0.4, -0.2) is 67.3 Å². The van der Waals surface area contributed by atoms with Gasteiger partial charge in [-0.05, 0) is 6.07 Å². The molecule has 28 heavy (non-hydrogen) atoms. The van der Waals surface area contributed by atoms with E-state index < -0.39 is 0 Å². The minimum Gasteiger partial charge on any atom is -0.378 e. The zero-order chi connectivity index (χ0) is 20.3. The molecule has 8 heteroatoms. The topological polar surface area (TPSA) is 70.5 Å². The van der Waals surface area contributed by atoms with Gasteiger partial charge < -0.3 is 19.4 Å². The Morgan fingerprint density at radius 2 is 1.64 bits per heavy atom. The number of rotatable bonds is 5. The van der Waals surface area contributed by atoms with E-state index in [4.69, 9.17) is 9.72 Å². The van der Waals surface area contributed by atoms with Gasteiger partial charge in [0, 0.05) is 65.1 Å². The number of ether oxygens (including phenoxy) is 1. The largest absolute Gasteiger partial charge is 0.378 e. The number of anilines is 3. The Labute approximate surface area is 167 Å². The average Bonchev–Trinajstić information content (AvgIpc) is 2.67. The van der Waals surface area contributed by atoms with Crippen molar-refractivity contribution < 1.29 is 4.74 Å². The van der Waals surface area contributed by atoms with E-state index in [1.807, 2.05) is 37.3 Å². The second-order valence-electron chi connectivity index (χ2n) is 8.31. The molecule has 8 nitrogen and oxygen atoms in total. The fourth-order valence-electron chi connectivity index (χ4n) is 3.10. The minimum atomic E-state index is -0.107. The molecule has 0 unspecified atom stereocenters. The van der Waals surface area contributed by atoms with E-state index in [0.717, 1.165) is 55.3 Å². The van der Waals surface area contributed by atoms with Crippen LogP contribution < -0.4 is 14.7 Å². The number of methoxy groups -OCH3 is 1. The molecule has 3 rings (SSSR count). The summed E-state index contributed by atoms with van der Waals surface area (Å²) >= 11 is 0. The van der Waals surface area contributed by atoms with Gasteiger partial charge in [0.15, 0.2) is 0 Å². The standard InChI is InChI=1S/C20H31N7O/c1-20(2,3)18-22-15(14-28-6)13-17(23-18)27-11-9-26(10-12-27)16-7-8-21-19(24-16)25(4)5/h7-8,13H,9-12,14H2,1-6H3. The van der Waals surface area contributed by atoms with Gasteiger partial charge >= 0.3 is 0 Å². The third-order valence-electron chi connectivity index (χ3n) is 4.68. The molecule has 0 atom stereocenters. The van der Waals surface area contributed by atoms with E-state index in [0.29, 0.717) is 6.61 Å². The van der Waals surface area contributed by atoms with Gasteiger partial charge in [-0.25, -0.2) is 15.0 Å². The first-order chi connectivity index (χ1) is 13.3. The SMILES string of the molecule is COCc1cc(N2CCN(c3ccnc(N(C)C)n3)CC2)nc(C(C)(C)C)n1. The summed E-state index contributed by atoms with van der Waals surface area (Å²) in [6.45, 7) is 10.4. The van der Waals surface area contributed by atoms with Crippen LogP contribution in [0.4, 0.5) is 17.6 Å². The van der Waals surface area contributed by atoms with E-state index in [1.165, 1.54) is 0 Å². The highest BCUT2D eigenvalue weighted by Crippen LogP contribution is 2.24. The second kappa shape index (κ2) is 8.26. The van der Waals surface area contributed by atoms with Gasteiger partial charge in [-0.3, -0.25) is 0 Å². The Balaban J connectivity index is 1.76. The first kappa shape index (κ1) is 20.3. The molecule has 3 heterocycles. The third-order valence-corrected chi connectivity index (χ3v) is 4.68. The highest BCUT2D eigenvalue weighted by Gasteiger charge is 2.24. The third kappa shape index (κ3) is 4.67. The summed E-state index contributed by atoms with van der Waals surface area (Å²) in [5.41, 5.74) is 0.815. The van der Waals surface area contributed by atoms with Gasteiger partial charge in [0.1, 0.15) is 17.5 Å². The number of nitrogens with zero attached hydrogens (tertiary/aromatic N) is 7. The Hall–Kier alpha value is -2.48. The van der Waals surface area contributed by atoms with Crippen LogP contribution in [0.3, 0.4) is 0 Å². The fraction of sp³-hybridized carbons (Fsp3) is 0.600. The molecule has 1 fully saturated rings. The number of hydrogen-bond acceptors (Lipinski definition) is 8. The Morgan fingerprint density at radius 1 is 1.00 bits per heavy atom. The van der Waals surface area contributed by atoms with Gasteiger partial charge in [-0.1, -0.05) is 20.8 Å². The molecule has 0 saturated carbocycles. The summed E-state index contributed by atoms with van der Waals surface area (Å²) in [6, 6.07) is 4.02. The van der Waals surface area contributed by atoms with Crippen molar-refractivity contribution in [2.24, 2.45) is 0 Å².